The second-order valence-corrected chi connectivity index (χ2v) is 6.52. The van der Waals surface area contributed by atoms with Gasteiger partial charge in [-0.3, -0.25) is 4.79 Å². The Morgan fingerprint density at radius 1 is 1.04 bits per heavy atom. The van der Waals surface area contributed by atoms with Gasteiger partial charge in [0.15, 0.2) is 0 Å². The van der Waals surface area contributed by atoms with Crippen molar-refractivity contribution in [2.75, 3.05) is 30.4 Å². The number of amides is 3. The van der Waals surface area contributed by atoms with Gasteiger partial charge in [0, 0.05) is 28.5 Å². The quantitative estimate of drug-likeness (QED) is 0.858. The summed E-state index contributed by atoms with van der Waals surface area (Å²) in [4.78, 5) is 26.4. The van der Waals surface area contributed by atoms with Crippen molar-refractivity contribution in [2.24, 2.45) is 0 Å². The van der Waals surface area contributed by atoms with Crippen LogP contribution in [0.4, 0.5) is 16.2 Å². The fourth-order valence-corrected chi connectivity index (χ4v) is 2.84. The van der Waals surface area contributed by atoms with Crippen LogP contribution in [0.15, 0.2) is 48.5 Å². The SMILES string of the molecule is CC1COCCN1C(=O)c1ccc(NC(=O)Nc2ccc(Cl)cc2)cc1. The van der Waals surface area contributed by atoms with Crippen LogP contribution in [0.1, 0.15) is 17.3 Å². The van der Waals surface area contributed by atoms with Crippen LogP contribution in [0, 0.1) is 0 Å². The number of rotatable bonds is 3. The molecule has 26 heavy (non-hydrogen) atoms. The highest BCUT2D eigenvalue weighted by atomic mass is 35.5. The van der Waals surface area contributed by atoms with Crippen molar-refractivity contribution in [3.63, 3.8) is 0 Å². The molecule has 0 radical (unpaired) electrons. The maximum Gasteiger partial charge on any atom is 0.323 e. The summed E-state index contributed by atoms with van der Waals surface area (Å²) in [7, 11) is 0. The summed E-state index contributed by atoms with van der Waals surface area (Å²) in [5, 5.41) is 6.05. The molecular formula is C19H20ClN3O3. The van der Waals surface area contributed by atoms with E-state index >= 15 is 0 Å². The molecule has 0 spiro atoms. The molecule has 1 atom stereocenters. The van der Waals surface area contributed by atoms with Crippen molar-refractivity contribution < 1.29 is 14.3 Å². The van der Waals surface area contributed by atoms with Gasteiger partial charge < -0.3 is 20.3 Å². The molecule has 1 fully saturated rings. The standard InChI is InChI=1S/C19H20ClN3O3/c1-13-12-26-11-10-23(13)18(24)14-2-6-16(7-3-14)21-19(25)22-17-8-4-15(20)5-9-17/h2-9,13H,10-12H2,1H3,(H2,21,22,25). The van der Waals surface area contributed by atoms with Gasteiger partial charge in [-0.25, -0.2) is 4.79 Å². The minimum atomic E-state index is -0.367. The van der Waals surface area contributed by atoms with Gasteiger partial charge in [0.1, 0.15) is 0 Å². The van der Waals surface area contributed by atoms with Crippen LogP contribution in [0.3, 0.4) is 0 Å². The Hall–Kier alpha value is -2.57. The minimum Gasteiger partial charge on any atom is -0.377 e. The van der Waals surface area contributed by atoms with E-state index in [1.165, 1.54) is 0 Å². The van der Waals surface area contributed by atoms with Gasteiger partial charge >= 0.3 is 6.03 Å². The second-order valence-electron chi connectivity index (χ2n) is 6.09. The summed E-state index contributed by atoms with van der Waals surface area (Å²) in [5.41, 5.74) is 1.82. The Kier molecular flexibility index (Phi) is 5.75. The van der Waals surface area contributed by atoms with E-state index in [4.69, 9.17) is 16.3 Å². The number of anilines is 2. The average molecular weight is 374 g/mol. The molecular weight excluding hydrogens is 354 g/mol. The lowest BCUT2D eigenvalue weighted by atomic mass is 10.1. The van der Waals surface area contributed by atoms with Crippen LogP contribution < -0.4 is 10.6 Å². The van der Waals surface area contributed by atoms with Crippen molar-refractivity contribution in [1.29, 1.82) is 0 Å². The largest absolute Gasteiger partial charge is 0.377 e. The number of urea groups is 1. The summed E-state index contributed by atoms with van der Waals surface area (Å²) in [6.45, 7) is 3.66. The highest BCUT2D eigenvalue weighted by molar-refractivity contribution is 6.30. The molecule has 3 rings (SSSR count). The van der Waals surface area contributed by atoms with Crippen molar-refractivity contribution >= 4 is 34.9 Å². The lowest BCUT2D eigenvalue weighted by Gasteiger charge is -2.33. The Morgan fingerprint density at radius 2 is 1.62 bits per heavy atom. The topological polar surface area (TPSA) is 70.7 Å². The zero-order valence-electron chi connectivity index (χ0n) is 14.4. The molecule has 136 valence electrons. The Labute approximate surface area is 157 Å². The molecule has 1 aliphatic heterocycles. The molecule has 2 N–H and O–H groups in total. The number of nitrogens with one attached hydrogen (secondary N) is 2. The number of halogens is 1. The number of benzene rings is 2. The van der Waals surface area contributed by atoms with E-state index in [-0.39, 0.29) is 18.0 Å². The van der Waals surface area contributed by atoms with Gasteiger partial charge in [-0.1, -0.05) is 11.6 Å². The summed E-state index contributed by atoms with van der Waals surface area (Å²) in [6, 6.07) is 13.4. The van der Waals surface area contributed by atoms with E-state index in [1.54, 1.807) is 53.4 Å². The van der Waals surface area contributed by atoms with Gasteiger partial charge in [-0.05, 0) is 55.5 Å². The lowest BCUT2D eigenvalue weighted by molar-refractivity contribution is 0.00359. The summed E-state index contributed by atoms with van der Waals surface area (Å²) in [6.07, 6.45) is 0. The number of ether oxygens (including phenoxy) is 1. The van der Waals surface area contributed by atoms with Crippen LogP contribution >= 0.6 is 11.6 Å². The van der Waals surface area contributed by atoms with E-state index in [9.17, 15) is 9.59 Å². The van der Waals surface area contributed by atoms with Crippen molar-refractivity contribution in [3.8, 4) is 0 Å². The number of nitrogens with zero attached hydrogens (tertiary/aromatic N) is 1. The Morgan fingerprint density at radius 3 is 2.19 bits per heavy atom. The summed E-state index contributed by atoms with van der Waals surface area (Å²) in [5.74, 6) is -0.0297. The predicted molar refractivity (Wildman–Crippen MR) is 102 cm³/mol. The molecule has 2 aromatic carbocycles. The van der Waals surface area contributed by atoms with Gasteiger partial charge in [0.25, 0.3) is 5.91 Å². The maximum atomic E-state index is 12.6. The predicted octanol–water partition coefficient (Wildman–Crippen LogP) is 3.84. The summed E-state index contributed by atoms with van der Waals surface area (Å²) >= 11 is 5.82. The zero-order valence-corrected chi connectivity index (χ0v) is 15.1. The fraction of sp³-hybridized carbons (Fsp3) is 0.263. The third-order valence-electron chi connectivity index (χ3n) is 4.12. The monoisotopic (exact) mass is 373 g/mol. The highest BCUT2D eigenvalue weighted by Gasteiger charge is 2.24. The lowest BCUT2D eigenvalue weighted by Crippen LogP contribution is -2.47. The number of hydrogen-bond donors (Lipinski definition) is 2. The van der Waals surface area contributed by atoms with Crippen LogP contribution in [-0.4, -0.2) is 42.6 Å². The van der Waals surface area contributed by atoms with Crippen LogP contribution in [0.2, 0.25) is 5.02 Å². The van der Waals surface area contributed by atoms with Crippen LogP contribution in [0.25, 0.3) is 0 Å². The van der Waals surface area contributed by atoms with E-state index in [1.807, 2.05) is 6.92 Å². The Balaban J connectivity index is 1.59. The molecule has 1 saturated heterocycles. The van der Waals surface area contributed by atoms with E-state index in [0.29, 0.717) is 41.7 Å². The van der Waals surface area contributed by atoms with E-state index in [2.05, 4.69) is 10.6 Å². The van der Waals surface area contributed by atoms with E-state index < -0.39 is 0 Å². The van der Waals surface area contributed by atoms with Crippen LogP contribution in [-0.2, 0) is 4.74 Å². The molecule has 3 amide bonds. The normalized spacial score (nSPS) is 16.8. The zero-order chi connectivity index (χ0) is 18.5. The van der Waals surface area contributed by atoms with Gasteiger partial charge in [0.05, 0.1) is 19.3 Å². The molecule has 0 aromatic heterocycles. The number of carbonyl (C=O) groups is 2. The fourth-order valence-electron chi connectivity index (χ4n) is 2.72. The summed E-state index contributed by atoms with van der Waals surface area (Å²) < 4.78 is 5.36. The molecule has 6 nitrogen and oxygen atoms in total. The van der Waals surface area contributed by atoms with Gasteiger partial charge in [-0.2, -0.15) is 0 Å². The molecule has 0 aliphatic carbocycles. The van der Waals surface area contributed by atoms with E-state index in [0.717, 1.165) is 0 Å². The van der Waals surface area contributed by atoms with Crippen molar-refractivity contribution in [2.45, 2.75) is 13.0 Å². The number of morpholine rings is 1. The Bertz CT molecular complexity index is 778. The first kappa shape index (κ1) is 18.2. The molecule has 0 saturated carbocycles. The highest BCUT2D eigenvalue weighted by Crippen LogP contribution is 2.16. The molecule has 1 heterocycles. The molecule has 7 heteroatoms. The number of carbonyl (C=O) groups excluding carboxylic acids is 2. The smallest absolute Gasteiger partial charge is 0.323 e. The first-order valence-corrected chi connectivity index (χ1v) is 8.73. The molecule has 1 aliphatic rings. The minimum absolute atomic E-state index is 0.0297. The maximum absolute atomic E-state index is 12.6. The third kappa shape index (κ3) is 4.53. The first-order valence-electron chi connectivity index (χ1n) is 8.35. The third-order valence-corrected chi connectivity index (χ3v) is 4.37. The van der Waals surface area contributed by atoms with Crippen molar-refractivity contribution in [3.05, 3.63) is 59.1 Å². The second kappa shape index (κ2) is 8.21. The van der Waals surface area contributed by atoms with Gasteiger partial charge in [-0.15, -0.1) is 0 Å². The number of hydrogen-bond acceptors (Lipinski definition) is 3. The van der Waals surface area contributed by atoms with Crippen LogP contribution in [0.5, 0.6) is 0 Å². The van der Waals surface area contributed by atoms with Crippen molar-refractivity contribution in [1.82, 2.24) is 4.90 Å². The molecule has 2 aromatic rings. The van der Waals surface area contributed by atoms with Gasteiger partial charge in [0.2, 0.25) is 0 Å². The molecule has 0 bridgehead atoms. The average Bonchev–Trinajstić information content (AvgIpc) is 2.64. The molecule has 1 unspecified atom stereocenters. The first-order chi connectivity index (χ1) is 12.5.